The molecule has 1 unspecified atom stereocenters. The zero-order valence-corrected chi connectivity index (χ0v) is 12.9. The molecule has 0 radical (unpaired) electrons. The molecule has 7 heteroatoms. The number of anilines is 1. The van der Waals surface area contributed by atoms with E-state index in [1.54, 1.807) is 31.2 Å². The van der Waals surface area contributed by atoms with E-state index in [9.17, 15) is 4.79 Å². The minimum absolute atomic E-state index is 0.175. The summed E-state index contributed by atoms with van der Waals surface area (Å²) in [5, 5.41) is 19.1. The fourth-order valence-corrected chi connectivity index (χ4v) is 2.72. The van der Waals surface area contributed by atoms with Crippen LogP contribution in [0.3, 0.4) is 0 Å². The summed E-state index contributed by atoms with van der Waals surface area (Å²) in [5.74, 6) is 1.24. The van der Waals surface area contributed by atoms with Crippen LogP contribution in [0.5, 0.6) is 0 Å². The Morgan fingerprint density at radius 3 is 3.00 bits per heavy atom. The average Bonchev–Trinajstić information content (AvgIpc) is 3.28. The molecule has 22 heavy (non-hydrogen) atoms. The van der Waals surface area contributed by atoms with Gasteiger partial charge in [0.15, 0.2) is 0 Å². The fourth-order valence-electron chi connectivity index (χ4n) is 1.99. The van der Waals surface area contributed by atoms with Gasteiger partial charge in [0, 0.05) is 5.92 Å². The molecule has 1 heterocycles. The van der Waals surface area contributed by atoms with Crippen molar-refractivity contribution >= 4 is 23.4 Å². The quantitative estimate of drug-likeness (QED) is 0.828. The molecule has 1 aromatic heterocycles. The van der Waals surface area contributed by atoms with Crippen LogP contribution in [0.15, 0.2) is 29.4 Å². The molecule has 0 aliphatic heterocycles. The Labute approximate surface area is 132 Å². The van der Waals surface area contributed by atoms with Crippen LogP contribution in [0.25, 0.3) is 0 Å². The second-order valence-electron chi connectivity index (χ2n) is 5.18. The summed E-state index contributed by atoms with van der Waals surface area (Å²) in [6, 6.07) is 8.99. The van der Waals surface area contributed by atoms with E-state index >= 15 is 0 Å². The van der Waals surface area contributed by atoms with Crippen molar-refractivity contribution in [1.82, 2.24) is 15.2 Å². The fraction of sp³-hybridized carbons (Fsp3) is 0.333. The molecule has 1 saturated carbocycles. The van der Waals surface area contributed by atoms with Gasteiger partial charge in [-0.15, -0.1) is 5.10 Å². The highest BCUT2D eigenvalue weighted by Crippen LogP contribution is 2.38. The first-order chi connectivity index (χ1) is 10.7. The number of thioether (sulfide) groups is 1. The van der Waals surface area contributed by atoms with E-state index in [2.05, 4.69) is 26.6 Å². The van der Waals surface area contributed by atoms with Gasteiger partial charge in [-0.25, -0.2) is 4.98 Å². The van der Waals surface area contributed by atoms with Crippen LogP contribution < -0.4 is 5.32 Å². The number of carbonyl (C=O) groups excluding carboxylic acids is 1. The number of aromatic nitrogens is 3. The molecule has 2 N–H and O–H groups in total. The van der Waals surface area contributed by atoms with Crippen LogP contribution in [0.1, 0.15) is 37.1 Å². The molecule has 0 saturated heterocycles. The highest BCUT2D eigenvalue weighted by molar-refractivity contribution is 8.00. The van der Waals surface area contributed by atoms with Crippen LogP contribution in [0, 0.1) is 11.3 Å². The Balaban J connectivity index is 1.62. The Bertz CT molecular complexity index is 732. The first kappa shape index (κ1) is 14.6. The van der Waals surface area contributed by atoms with E-state index in [1.165, 1.54) is 11.8 Å². The van der Waals surface area contributed by atoms with E-state index in [4.69, 9.17) is 5.26 Å². The number of amides is 1. The van der Waals surface area contributed by atoms with Crippen LogP contribution in [0.2, 0.25) is 0 Å². The molecule has 6 nitrogen and oxygen atoms in total. The number of benzene rings is 1. The molecule has 1 aromatic carbocycles. The zero-order valence-electron chi connectivity index (χ0n) is 12.0. The molecule has 2 aromatic rings. The maximum Gasteiger partial charge on any atom is 0.237 e. The molecule has 112 valence electrons. The molecule has 1 fully saturated rings. The average molecular weight is 313 g/mol. The number of hydrogen-bond acceptors (Lipinski definition) is 5. The van der Waals surface area contributed by atoms with Crippen LogP contribution in [0.4, 0.5) is 5.69 Å². The minimum Gasteiger partial charge on any atom is -0.324 e. The molecular weight excluding hydrogens is 298 g/mol. The number of aromatic amines is 1. The molecule has 0 bridgehead atoms. The molecule has 3 rings (SSSR count). The predicted octanol–water partition coefficient (Wildman–Crippen LogP) is 2.67. The normalized spacial score (nSPS) is 15.1. The Morgan fingerprint density at radius 1 is 1.50 bits per heavy atom. The largest absolute Gasteiger partial charge is 0.324 e. The number of nitrogens with one attached hydrogen (secondary N) is 2. The SMILES string of the molecule is CC(Sc1n[nH]c(C2CC2)n1)C(=O)Nc1ccccc1C#N. The Morgan fingerprint density at radius 2 is 2.27 bits per heavy atom. The topological polar surface area (TPSA) is 94.5 Å². The van der Waals surface area contributed by atoms with Crippen molar-refractivity contribution in [3.63, 3.8) is 0 Å². The summed E-state index contributed by atoms with van der Waals surface area (Å²) in [5.41, 5.74) is 0.970. The van der Waals surface area contributed by atoms with Gasteiger partial charge in [0.1, 0.15) is 11.9 Å². The monoisotopic (exact) mass is 313 g/mol. The van der Waals surface area contributed by atoms with Gasteiger partial charge in [0.2, 0.25) is 11.1 Å². The van der Waals surface area contributed by atoms with Crippen molar-refractivity contribution in [2.75, 3.05) is 5.32 Å². The maximum atomic E-state index is 12.2. The van der Waals surface area contributed by atoms with Gasteiger partial charge in [0.25, 0.3) is 0 Å². The number of rotatable bonds is 5. The van der Waals surface area contributed by atoms with Crippen LogP contribution in [-0.4, -0.2) is 26.3 Å². The van der Waals surface area contributed by atoms with Gasteiger partial charge < -0.3 is 5.32 Å². The van der Waals surface area contributed by atoms with E-state index < -0.39 is 0 Å². The van der Waals surface area contributed by atoms with E-state index in [1.807, 2.05) is 0 Å². The minimum atomic E-state index is -0.352. The molecule has 1 aliphatic rings. The van der Waals surface area contributed by atoms with Crippen molar-refractivity contribution in [3.05, 3.63) is 35.7 Å². The smallest absolute Gasteiger partial charge is 0.237 e. The first-order valence-electron chi connectivity index (χ1n) is 7.06. The van der Waals surface area contributed by atoms with Gasteiger partial charge in [-0.2, -0.15) is 5.26 Å². The van der Waals surface area contributed by atoms with Crippen LogP contribution in [-0.2, 0) is 4.79 Å². The lowest BCUT2D eigenvalue weighted by Gasteiger charge is -2.11. The first-order valence-corrected chi connectivity index (χ1v) is 7.94. The third-order valence-corrected chi connectivity index (χ3v) is 4.36. The van der Waals surface area contributed by atoms with Crippen molar-refractivity contribution in [1.29, 1.82) is 5.26 Å². The number of H-pyrrole nitrogens is 1. The zero-order chi connectivity index (χ0) is 15.5. The van der Waals surface area contributed by atoms with Crippen molar-refractivity contribution in [3.8, 4) is 6.07 Å². The Hall–Kier alpha value is -2.33. The summed E-state index contributed by atoms with van der Waals surface area (Å²) in [6.07, 6.45) is 2.31. The lowest BCUT2D eigenvalue weighted by atomic mass is 10.2. The number of carbonyl (C=O) groups is 1. The molecule has 1 atom stereocenters. The van der Waals surface area contributed by atoms with E-state index in [0.29, 0.717) is 22.3 Å². The summed E-state index contributed by atoms with van der Waals surface area (Å²) in [4.78, 5) is 16.6. The van der Waals surface area contributed by atoms with Gasteiger partial charge in [-0.3, -0.25) is 9.89 Å². The van der Waals surface area contributed by atoms with Crippen molar-refractivity contribution < 1.29 is 4.79 Å². The van der Waals surface area contributed by atoms with Gasteiger partial charge in [0.05, 0.1) is 16.5 Å². The molecular formula is C15H15N5OS. The second kappa shape index (κ2) is 6.20. The van der Waals surface area contributed by atoms with Gasteiger partial charge >= 0.3 is 0 Å². The summed E-state index contributed by atoms with van der Waals surface area (Å²) in [6.45, 7) is 1.79. The summed E-state index contributed by atoms with van der Waals surface area (Å²) >= 11 is 1.30. The van der Waals surface area contributed by atoms with E-state index in [-0.39, 0.29) is 11.2 Å². The van der Waals surface area contributed by atoms with Crippen LogP contribution >= 0.6 is 11.8 Å². The highest BCUT2D eigenvalue weighted by atomic mass is 32.2. The van der Waals surface area contributed by atoms with E-state index in [0.717, 1.165) is 18.7 Å². The lowest BCUT2D eigenvalue weighted by molar-refractivity contribution is -0.115. The van der Waals surface area contributed by atoms with Gasteiger partial charge in [-0.05, 0) is 31.9 Å². The highest BCUT2D eigenvalue weighted by Gasteiger charge is 2.28. The van der Waals surface area contributed by atoms with Gasteiger partial charge in [-0.1, -0.05) is 23.9 Å². The second-order valence-corrected chi connectivity index (χ2v) is 6.49. The Kier molecular flexibility index (Phi) is 4.11. The number of nitrogens with zero attached hydrogens (tertiary/aromatic N) is 3. The summed E-state index contributed by atoms with van der Waals surface area (Å²) in [7, 11) is 0. The number of hydrogen-bond donors (Lipinski definition) is 2. The molecule has 1 amide bonds. The maximum absolute atomic E-state index is 12.2. The molecule has 0 spiro atoms. The van der Waals surface area contributed by atoms with Crippen molar-refractivity contribution in [2.24, 2.45) is 0 Å². The van der Waals surface area contributed by atoms with Crippen molar-refractivity contribution in [2.45, 2.75) is 36.1 Å². The molecule has 1 aliphatic carbocycles. The predicted molar refractivity (Wildman–Crippen MR) is 83.5 cm³/mol. The number of para-hydroxylation sites is 1. The summed E-state index contributed by atoms with van der Waals surface area (Å²) < 4.78 is 0. The number of nitriles is 1. The third-order valence-electron chi connectivity index (χ3n) is 3.40. The standard InChI is InChI=1S/C15H15N5OS/c1-9(22-15-18-13(19-20-15)10-6-7-10)14(21)17-12-5-3-2-4-11(12)8-16/h2-5,9-10H,6-7H2,1H3,(H,17,21)(H,18,19,20). The lowest BCUT2D eigenvalue weighted by Crippen LogP contribution is -2.23. The third kappa shape index (κ3) is 3.28.